The molecule has 0 bridgehead atoms. The van der Waals surface area contributed by atoms with Crippen LogP contribution in [0.25, 0.3) is 0 Å². The molecule has 0 aliphatic rings. The number of aromatic amines is 1. The van der Waals surface area contributed by atoms with Crippen LogP contribution in [0.2, 0.25) is 0 Å². The zero-order valence-electron chi connectivity index (χ0n) is 11.0. The predicted octanol–water partition coefficient (Wildman–Crippen LogP) is 1.71. The largest absolute Gasteiger partial charge is 0.373 e. The first-order valence-corrected chi connectivity index (χ1v) is 7.14. The Morgan fingerprint density at radius 2 is 2.32 bits per heavy atom. The molecule has 0 fully saturated rings. The van der Waals surface area contributed by atoms with Crippen molar-refractivity contribution in [1.29, 1.82) is 0 Å². The van der Waals surface area contributed by atoms with Gasteiger partial charge < -0.3 is 5.32 Å². The van der Waals surface area contributed by atoms with Crippen molar-refractivity contribution in [3.8, 4) is 0 Å². The van der Waals surface area contributed by atoms with Crippen molar-refractivity contribution in [2.45, 2.75) is 30.8 Å². The maximum atomic E-state index is 11.5. The van der Waals surface area contributed by atoms with Gasteiger partial charge >= 0.3 is 5.69 Å². The van der Waals surface area contributed by atoms with Gasteiger partial charge in [0.05, 0.1) is 0 Å². The van der Waals surface area contributed by atoms with Crippen molar-refractivity contribution in [1.82, 2.24) is 19.7 Å². The molecule has 7 heteroatoms. The normalized spacial score (nSPS) is 10.6. The van der Waals surface area contributed by atoms with Crippen molar-refractivity contribution >= 4 is 17.6 Å². The van der Waals surface area contributed by atoms with E-state index in [4.69, 9.17) is 0 Å². The second-order valence-corrected chi connectivity index (χ2v) is 5.00. The van der Waals surface area contributed by atoms with E-state index in [1.807, 2.05) is 32.3 Å². The molecule has 6 nitrogen and oxygen atoms in total. The minimum Gasteiger partial charge on any atom is -0.373 e. The highest BCUT2D eigenvalue weighted by atomic mass is 32.2. The molecule has 2 aromatic rings. The van der Waals surface area contributed by atoms with Gasteiger partial charge in [-0.3, -0.25) is 4.57 Å². The molecule has 0 aliphatic carbocycles. The lowest BCUT2D eigenvalue weighted by molar-refractivity contribution is 0.604. The molecule has 0 saturated carbocycles. The minimum atomic E-state index is -0.145. The van der Waals surface area contributed by atoms with Crippen LogP contribution in [0, 0.1) is 0 Å². The van der Waals surface area contributed by atoms with E-state index in [0.29, 0.717) is 6.54 Å². The van der Waals surface area contributed by atoms with E-state index in [-0.39, 0.29) is 5.69 Å². The zero-order chi connectivity index (χ0) is 13.7. The van der Waals surface area contributed by atoms with Gasteiger partial charge in [-0.2, -0.15) is 0 Å². The first-order valence-electron chi connectivity index (χ1n) is 6.15. The average molecular weight is 279 g/mol. The summed E-state index contributed by atoms with van der Waals surface area (Å²) >= 11 is 1.53. The number of aromatic nitrogens is 4. The van der Waals surface area contributed by atoms with Gasteiger partial charge in [0.15, 0.2) is 5.16 Å². The van der Waals surface area contributed by atoms with E-state index in [1.54, 1.807) is 4.57 Å². The van der Waals surface area contributed by atoms with Crippen LogP contribution >= 0.6 is 11.8 Å². The van der Waals surface area contributed by atoms with Crippen molar-refractivity contribution in [2.75, 3.05) is 12.4 Å². The molecule has 0 spiro atoms. The lowest BCUT2D eigenvalue weighted by Gasteiger charge is -2.04. The molecule has 2 aromatic heterocycles. The quantitative estimate of drug-likeness (QED) is 0.787. The van der Waals surface area contributed by atoms with E-state index in [0.717, 1.165) is 28.7 Å². The number of H-pyrrole nitrogens is 1. The Balaban J connectivity index is 2.03. The molecular weight excluding hydrogens is 262 g/mol. The first-order chi connectivity index (χ1) is 9.24. The molecule has 0 aromatic carbocycles. The smallest absolute Gasteiger partial charge is 0.343 e. The Labute approximate surface area is 115 Å². The molecule has 0 radical (unpaired) electrons. The summed E-state index contributed by atoms with van der Waals surface area (Å²) in [5.41, 5.74) is 0.954. The highest BCUT2D eigenvalue weighted by molar-refractivity contribution is 7.98. The summed E-state index contributed by atoms with van der Waals surface area (Å²) in [5.74, 6) is 1.58. The summed E-state index contributed by atoms with van der Waals surface area (Å²) in [6.07, 6.45) is 2.74. The van der Waals surface area contributed by atoms with Gasteiger partial charge in [-0.15, -0.1) is 5.10 Å². The Morgan fingerprint density at radius 1 is 1.47 bits per heavy atom. The SMILES string of the molecule is CCCn1c(SCc2ccc(NC)nc2)n[nH]c1=O. The van der Waals surface area contributed by atoms with Crippen molar-refractivity contribution in [2.24, 2.45) is 0 Å². The van der Waals surface area contributed by atoms with Crippen LogP contribution in [0.5, 0.6) is 0 Å². The van der Waals surface area contributed by atoms with Crippen molar-refractivity contribution in [3.05, 3.63) is 34.4 Å². The zero-order valence-corrected chi connectivity index (χ0v) is 11.8. The number of thioether (sulfide) groups is 1. The van der Waals surface area contributed by atoms with Crippen LogP contribution < -0.4 is 11.0 Å². The topological polar surface area (TPSA) is 75.6 Å². The Bertz CT molecular complexity index is 575. The first kappa shape index (κ1) is 13.7. The number of pyridine rings is 1. The van der Waals surface area contributed by atoms with E-state index >= 15 is 0 Å². The van der Waals surface area contributed by atoms with E-state index in [9.17, 15) is 4.79 Å². The number of anilines is 1. The summed E-state index contributed by atoms with van der Waals surface area (Å²) in [6, 6.07) is 3.94. The second-order valence-electron chi connectivity index (χ2n) is 4.05. The summed E-state index contributed by atoms with van der Waals surface area (Å²) in [6.45, 7) is 2.73. The number of hydrogen-bond acceptors (Lipinski definition) is 5. The monoisotopic (exact) mass is 279 g/mol. The van der Waals surface area contributed by atoms with Crippen LogP contribution in [-0.4, -0.2) is 26.8 Å². The fourth-order valence-electron chi connectivity index (χ4n) is 1.64. The molecule has 0 unspecified atom stereocenters. The van der Waals surface area contributed by atoms with Gasteiger partial charge in [-0.1, -0.05) is 24.8 Å². The molecule has 19 heavy (non-hydrogen) atoms. The Morgan fingerprint density at radius 3 is 2.95 bits per heavy atom. The molecule has 0 saturated heterocycles. The highest BCUT2D eigenvalue weighted by Crippen LogP contribution is 2.19. The predicted molar refractivity (Wildman–Crippen MR) is 76.5 cm³/mol. The van der Waals surface area contributed by atoms with E-state index in [1.165, 1.54) is 11.8 Å². The molecule has 2 rings (SSSR count). The summed E-state index contributed by atoms with van der Waals surface area (Å²) < 4.78 is 1.67. The van der Waals surface area contributed by atoms with Crippen LogP contribution in [0.4, 0.5) is 5.82 Å². The van der Waals surface area contributed by atoms with E-state index in [2.05, 4.69) is 20.5 Å². The van der Waals surface area contributed by atoms with Gasteiger partial charge in [-0.05, 0) is 18.1 Å². The number of rotatable bonds is 6. The highest BCUT2D eigenvalue weighted by Gasteiger charge is 2.08. The fraction of sp³-hybridized carbons (Fsp3) is 0.417. The van der Waals surface area contributed by atoms with Gasteiger partial charge in [-0.25, -0.2) is 14.9 Å². The van der Waals surface area contributed by atoms with Crippen molar-refractivity contribution < 1.29 is 0 Å². The molecule has 0 aliphatic heterocycles. The third kappa shape index (κ3) is 3.37. The van der Waals surface area contributed by atoms with Gasteiger partial charge in [0.25, 0.3) is 0 Å². The lowest BCUT2D eigenvalue weighted by atomic mass is 10.3. The summed E-state index contributed by atoms with van der Waals surface area (Å²) in [4.78, 5) is 15.8. The van der Waals surface area contributed by atoms with Crippen LogP contribution in [0.3, 0.4) is 0 Å². The van der Waals surface area contributed by atoms with Crippen LogP contribution in [0.15, 0.2) is 28.3 Å². The van der Waals surface area contributed by atoms with Crippen molar-refractivity contribution in [3.63, 3.8) is 0 Å². The lowest BCUT2D eigenvalue weighted by Crippen LogP contribution is -2.17. The van der Waals surface area contributed by atoms with Crippen LogP contribution in [0.1, 0.15) is 18.9 Å². The molecule has 2 N–H and O–H groups in total. The molecule has 2 heterocycles. The van der Waals surface area contributed by atoms with Gasteiger partial charge in [0.1, 0.15) is 5.82 Å². The van der Waals surface area contributed by atoms with E-state index < -0.39 is 0 Å². The maximum absolute atomic E-state index is 11.5. The second kappa shape index (κ2) is 6.42. The molecule has 0 amide bonds. The molecule has 102 valence electrons. The Kier molecular flexibility index (Phi) is 4.62. The summed E-state index contributed by atoms with van der Waals surface area (Å²) in [7, 11) is 1.84. The third-order valence-corrected chi connectivity index (χ3v) is 3.67. The van der Waals surface area contributed by atoms with Gasteiger partial charge in [0, 0.05) is 25.5 Å². The fourth-order valence-corrected chi connectivity index (χ4v) is 2.55. The van der Waals surface area contributed by atoms with Gasteiger partial charge in [0.2, 0.25) is 0 Å². The minimum absolute atomic E-state index is 0.145. The Hall–Kier alpha value is -1.76. The standard InChI is InChI=1S/C12H17N5OS/c1-3-6-17-11(18)15-16-12(17)19-8-9-4-5-10(13-2)14-7-9/h4-5,7H,3,6,8H2,1-2H3,(H,13,14)(H,15,18). The summed E-state index contributed by atoms with van der Waals surface area (Å²) in [5, 5.41) is 10.2. The molecular formula is C12H17N5OS. The molecule has 0 atom stereocenters. The van der Waals surface area contributed by atoms with Crippen LogP contribution in [-0.2, 0) is 12.3 Å². The average Bonchev–Trinajstić information content (AvgIpc) is 2.79. The third-order valence-electron chi connectivity index (χ3n) is 2.62. The number of hydrogen-bond donors (Lipinski definition) is 2. The number of nitrogens with zero attached hydrogens (tertiary/aromatic N) is 3. The maximum Gasteiger partial charge on any atom is 0.343 e. The number of nitrogens with one attached hydrogen (secondary N) is 2.